The fourth-order valence-corrected chi connectivity index (χ4v) is 1.50. The maximum absolute atomic E-state index is 11.7. The van der Waals surface area contributed by atoms with E-state index >= 15 is 0 Å². The van der Waals surface area contributed by atoms with Crippen molar-refractivity contribution in [3.63, 3.8) is 0 Å². The molecule has 0 radical (unpaired) electrons. The summed E-state index contributed by atoms with van der Waals surface area (Å²) < 4.78 is 0. The molecule has 0 aromatic rings. The highest BCUT2D eigenvalue weighted by atomic mass is 32.1. The first kappa shape index (κ1) is 11.5. The smallest absolute Gasteiger partial charge is 0.266 e. The normalized spacial score (nSPS) is 18.1. The molecule has 0 atom stereocenters. The van der Waals surface area contributed by atoms with Crippen LogP contribution >= 0.6 is 12.6 Å². The van der Waals surface area contributed by atoms with Crippen molar-refractivity contribution in [2.45, 2.75) is 6.42 Å². The number of hydrogen-bond acceptors (Lipinski definition) is 5. The lowest BCUT2D eigenvalue weighted by atomic mass is 10.2. The van der Waals surface area contributed by atoms with Crippen LogP contribution in [0.25, 0.3) is 0 Å². The van der Waals surface area contributed by atoms with Crippen LogP contribution in [0.3, 0.4) is 0 Å². The van der Waals surface area contributed by atoms with Gasteiger partial charge in [-0.3, -0.25) is 4.79 Å². The van der Waals surface area contributed by atoms with Crippen molar-refractivity contribution in [3.8, 4) is 0 Å². The van der Waals surface area contributed by atoms with Gasteiger partial charge >= 0.3 is 0 Å². The Kier molecular flexibility index (Phi) is 3.68. The zero-order valence-corrected chi connectivity index (χ0v) is 8.92. The predicted octanol–water partition coefficient (Wildman–Crippen LogP) is 0.502. The van der Waals surface area contributed by atoms with E-state index in [1.807, 2.05) is 0 Å². The average molecular weight is 224 g/mol. The van der Waals surface area contributed by atoms with Crippen LogP contribution in [-0.2, 0) is 4.79 Å². The van der Waals surface area contributed by atoms with Crippen molar-refractivity contribution in [2.24, 2.45) is 5.73 Å². The summed E-state index contributed by atoms with van der Waals surface area (Å²) in [5.74, 6) is -0.321. The van der Waals surface area contributed by atoms with Crippen LogP contribution in [0.5, 0.6) is 0 Å². The van der Waals surface area contributed by atoms with E-state index in [1.165, 1.54) is 11.0 Å². The lowest BCUT2D eigenvalue weighted by Gasteiger charge is -2.27. The molecule has 1 rings (SSSR count). The van der Waals surface area contributed by atoms with Gasteiger partial charge in [0, 0.05) is 31.1 Å². The van der Waals surface area contributed by atoms with Crippen LogP contribution in [0.1, 0.15) is 6.42 Å². The Morgan fingerprint density at radius 3 is 2.73 bits per heavy atom. The van der Waals surface area contributed by atoms with Crippen molar-refractivity contribution >= 4 is 31.0 Å². The number of hydrogen-bond donors (Lipinski definition) is 4. The largest absolute Gasteiger partial charge is 0.401 e. The van der Waals surface area contributed by atoms with Gasteiger partial charge in [-0.2, -0.15) is 0 Å². The summed E-state index contributed by atoms with van der Waals surface area (Å²) >= 11 is 4.02. The van der Waals surface area contributed by atoms with Crippen molar-refractivity contribution in [1.29, 1.82) is 10.8 Å². The number of thiol groups is 1. The number of amides is 1. The molecule has 0 unspecified atom stereocenters. The fraction of sp³-hybridized carbons (Fsp3) is 0.222. The summed E-state index contributed by atoms with van der Waals surface area (Å²) in [6.07, 6.45) is 3.99. The van der Waals surface area contributed by atoms with Gasteiger partial charge in [-0.05, 0) is 6.08 Å². The summed E-state index contributed by atoms with van der Waals surface area (Å²) in [6, 6.07) is 0. The Morgan fingerprint density at radius 2 is 2.20 bits per heavy atom. The maximum Gasteiger partial charge on any atom is 0.266 e. The molecule has 4 N–H and O–H groups in total. The van der Waals surface area contributed by atoms with Gasteiger partial charge < -0.3 is 21.5 Å². The van der Waals surface area contributed by atoms with Crippen LogP contribution < -0.4 is 5.73 Å². The van der Waals surface area contributed by atoms with E-state index in [0.29, 0.717) is 24.4 Å². The molecule has 0 saturated heterocycles. The second-order valence-electron chi connectivity index (χ2n) is 2.98. The molecule has 1 aliphatic heterocycles. The highest BCUT2D eigenvalue weighted by Gasteiger charge is 2.25. The molecular formula is C9H12N4OS. The molecule has 1 heterocycles. The van der Waals surface area contributed by atoms with Gasteiger partial charge in [0.1, 0.15) is 0 Å². The molecule has 0 aliphatic carbocycles. The molecule has 0 saturated carbocycles. The first-order chi connectivity index (χ1) is 7.11. The molecule has 0 aromatic carbocycles. The van der Waals surface area contributed by atoms with E-state index in [0.717, 1.165) is 12.4 Å². The summed E-state index contributed by atoms with van der Waals surface area (Å²) in [4.78, 5) is 13.3. The van der Waals surface area contributed by atoms with Gasteiger partial charge in [0.05, 0.1) is 10.6 Å². The quantitative estimate of drug-likeness (QED) is 0.415. The van der Waals surface area contributed by atoms with E-state index in [-0.39, 0.29) is 10.8 Å². The lowest BCUT2D eigenvalue weighted by molar-refractivity contribution is -0.124. The zero-order valence-electron chi connectivity index (χ0n) is 8.03. The third-order valence-electron chi connectivity index (χ3n) is 2.07. The van der Waals surface area contributed by atoms with E-state index in [9.17, 15) is 4.79 Å². The Labute approximate surface area is 93.1 Å². The van der Waals surface area contributed by atoms with Crippen LogP contribution in [0.4, 0.5) is 0 Å². The second-order valence-corrected chi connectivity index (χ2v) is 3.43. The molecule has 1 amide bonds. The van der Waals surface area contributed by atoms with E-state index in [2.05, 4.69) is 12.6 Å². The van der Waals surface area contributed by atoms with Crippen LogP contribution in [-0.4, -0.2) is 29.8 Å². The van der Waals surface area contributed by atoms with Gasteiger partial charge in [-0.25, -0.2) is 0 Å². The highest BCUT2D eigenvalue weighted by molar-refractivity contribution is 7.85. The molecule has 0 aromatic heterocycles. The van der Waals surface area contributed by atoms with Crippen molar-refractivity contribution in [1.82, 2.24) is 4.90 Å². The van der Waals surface area contributed by atoms with Gasteiger partial charge in [0.15, 0.2) is 0 Å². The first-order valence-corrected chi connectivity index (χ1v) is 4.77. The predicted molar refractivity (Wildman–Crippen MR) is 62.2 cm³/mol. The van der Waals surface area contributed by atoms with Gasteiger partial charge in [0.25, 0.3) is 5.91 Å². The van der Waals surface area contributed by atoms with Gasteiger partial charge in [-0.1, -0.05) is 0 Å². The van der Waals surface area contributed by atoms with Crippen LogP contribution in [0.15, 0.2) is 22.4 Å². The minimum atomic E-state index is -0.321. The number of allylic oxidation sites excluding steroid dienone is 2. The summed E-state index contributed by atoms with van der Waals surface area (Å²) in [7, 11) is 0. The molecular weight excluding hydrogens is 212 g/mol. The fourth-order valence-electron chi connectivity index (χ4n) is 1.27. The van der Waals surface area contributed by atoms with E-state index < -0.39 is 0 Å². The summed E-state index contributed by atoms with van der Waals surface area (Å²) in [6.45, 7) is 0.420. The molecule has 0 spiro atoms. The van der Waals surface area contributed by atoms with Crippen LogP contribution in [0, 0.1) is 10.8 Å². The second kappa shape index (κ2) is 4.79. The van der Waals surface area contributed by atoms with Crippen molar-refractivity contribution in [3.05, 3.63) is 22.4 Å². The number of nitrogens with one attached hydrogen (secondary N) is 2. The number of nitrogens with two attached hydrogens (primary N) is 1. The van der Waals surface area contributed by atoms with Crippen molar-refractivity contribution < 1.29 is 4.79 Å². The monoisotopic (exact) mass is 224 g/mol. The van der Waals surface area contributed by atoms with Gasteiger partial charge in [0.2, 0.25) is 0 Å². The minimum Gasteiger partial charge on any atom is -0.401 e. The molecule has 0 bridgehead atoms. The number of nitrogens with zero attached hydrogens (tertiary/aromatic N) is 1. The zero-order chi connectivity index (χ0) is 11.4. The molecule has 1 aliphatic rings. The molecule has 80 valence electrons. The SMILES string of the molecule is N=C/C=C(\C=N)N1CCC(N)=C(S)C1=O. The maximum atomic E-state index is 11.7. The van der Waals surface area contributed by atoms with Gasteiger partial charge in [-0.15, -0.1) is 12.6 Å². The summed E-state index contributed by atoms with van der Waals surface area (Å²) in [5, 5.41) is 14.1. The lowest BCUT2D eigenvalue weighted by Crippen LogP contribution is -2.37. The Morgan fingerprint density at radius 1 is 1.53 bits per heavy atom. The molecule has 0 fully saturated rings. The molecule has 5 nitrogen and oxygen atoms in total. The third-order valence-corrected chi connectivity index (χ3v) is 2.55. The number of carbonyl (C=O) groups excluding carboxylic acids is 1. The van der Waals surface area contributed by atoms with Crippen molar-refractivity contribution in [2.75, 3.05) is 6.54 Å². The summed E-state index contributed by atoms with van der Waals surface area (Å²) in [5.41, 5.74) is 6.42. The topological polar surface area (TPSA) is 94.0 Å². The number of carbonyl (C=O) groups is 1. The van der Waals surface area contributed by atoms with Crippen LogP contribution in [0.2, 0.25) is 0 Å². The Hall–Kier alpha value is -1.56. The molecule has 15 heavy (non-hydrogen) atoms. The third kappa shape index (κ3) is 2.27. The number of rotatable bonds is 3. The standard InChI is InChI=1S/C9H12N4OS/c10-3-1-6(5-11)13-4-2-7(12)8(15)9(13)14/h1,3,5,10-11,15H,2,4,12H2/b6-1+,10-3?,11-5?. The molecule has 6 heteroatoms. The van der Waals surface area contributed by atoms with E-state index in [4.69, 9.17) is 16.6 Å². The minimum absolute atomic E-state index is 0.221. The Balaban J connectivity index is 3.01. The van der Waals surface area contributed by atoms with E-state index in [1.54, 1.807) is 0 Å². The average Bonchev–Trinajstić information content (AvgIpc) is 2.24. The highest BCUT2D eigenvalue weighted by Crippen LogP contribution is 2.20. The first-order valence-electron chi connectivity index (χ1n) is 4.32. The Bertz CT molecular complexity index is 372.